The normalized spacial score (nSPS) is 12.3. The summed E-state index contributed by atoms with van der Waals surface area (Å²) in [6.07, 6.45) is 1.88. The van der Waals surface area contributed by atoms with Gasteiger partial charge < -0.3 is 0 Å². The molecule has 0 saturated heterocycles. The molecular formula is C14H23NO2S. The minimum absolute atomic E-state index is 0.380. The summed E-state index contributed by atoms with van der Waals surface area (Å²) in [5.74, 6) is 0.416. The number of sulfonamides is 1. The van der Waals surface area contributed by atoms with Gasteiger partial charge >= 0.3 is 0 Å². The maximum Gasteiger partial charge on any atom is 0.242 e. The van der Waals surface area contributed by atoms with Crippen LogP contribution in [0.5, 0.6) is 0 Å². The van der Waals surface area contributed by atoms with Crippen molar-refractivity contribution >= 4 is 10.0 Å². The lowest BCUT2D eigenvalue weighted by atomic mass is 10.0. The van der Waals surface area contributed by atoms with Crippen LogP contribution < -0.4 is 0 Å². The van der Waals surface area contributed by atoms with Crippen LogP contribution in [0.2, 0.25) is 0 Å². The average Bonchev–Trinajstić information content (AvgIpc) is 2.35. The summed E-state index contributed by atoms with van der Waals surface area (Å²) in [6.45, 7) is 6.82. The molecule has 18 heavy (non-hydrogen) atoms. The zero-order valence-electron chi connectivity index (χ0n) is 11.7. The predicted molar refractivity (Wildman–Crippen MR) is 75.3 cm³/mol. The third-order valence-electron chi connectivity index (χ3n) is 3.08. The summed E-state index contributed by atoms with van der Waals surface area (Å²) in [5, 5.41) is 0. The molecule has 0 aliphatic carbocycles. The van der Waals surface area contributed by atoms with Gasteiger partial charge in [-0.1, -0.05) is 39.3 Å². The van der Waals surface area contributed by atoms with Crippen molar-refractivity contribution in [2.24, 2.45) is 0 Å². The number of nitrogens with zero attached hydrogens (tertiary/aromatic N) is 1. The molecule has 0 N–H and O–H groups in total. The molecule has 0 saturated carbocycles. The predicted octanol–water partition coefficient (Wildman–Crippen LogP) is 3.23. The van der Waals surface area contributed by atoms with Crippen LogP contribution in [0.1, 0.15) is 45.1 Å². The van der Waals surface area contributed by atoms with Crippen molar-refractivity contribution in [1.82, 2.24) is 4.31 Å². The van der Waals surface area contributed by atoms with Gasteiger partial charge in [0, 0.05) is 13.6 Å². The maximum absolute atomic E-state index is 12.2. The molecule has 4 heteroatoms. The monoisotopic (exact) mass is 269 g/mol. The summed E-state index contributed by atoms with van der Waals surface area (Å²) < 4.78 is 25.9. The fourth-order valence-electron chi connectivity index (χ4n) is 1.71. The van der Waals surface area contributed by atoms with Crippen molar-refractivity contribution < 1.29 is 8.42 Å². The Morgan fingerprint density at radius 3 is 2.17 bits per heavy atom. The van der Waals surface area contributed by atoms with E-state index < -0.39 is 10.0 Å². The quantitative estimate of drug-likeness (QED) is 0.795. The second-order valence-electron chi connectivity index (χ2n) is 4.90. The molecule has 0 unspecified atom stereocenters. The fourth-order valence-corrected chi connectivity index (χ4v) is 2.91. The van der Waals surface area contributed by atoms with Gasteiger partial charge in [0.05, 0.1) is 4.90 Å². The van der Waals surface area contributed by atoms with Gasteiger partial charge in [0.25, 0.3) is 0 Å². The van der Waals surface area contributed by atoms with E-state index in [4.69, 9.17) is 0 Å². The van der Waals surface area contributed by atoms with Crippen LogP contribution in [0.25, 0.3) is 0 Å². The van der Waals surface area contributed by atoms with Crippen LogP contribution in [-0.4, -0.2) is 26.3 Å². The van der Waals surface area contributed by atoms with Crippen LogP contribution in [-0.2, 0) is 10.0 Å². The number of hydrogen-bond donors (Lipinski definition) is 0. The van der Waals surface area contributed by atoms with Crippen LogP contribution in [0.3, 0.4) is 0 Å². The number of unbranched alkanes of at least 4 members (excludes halogenated alkanes) is 1. The Balaban J connectivity index is 2.91. The van der Waals surface area contributed by atoms with Crippen molar-refractivity contribution in [3.8, 4) is 0 Å². The first kappa shape index (κ1) is 15.2. The number of rotatable bonds is 6. The van der Waals surface area contributed by atoms with E-state index in [1.807, 2.05) is 12.1 Å². The molecule has 102 valence electrons. The molecule has 0 aromatic heterocycles. The molecule has 1 aromatic carbocycles. The van der Waals surface area contributed by atoms with Gasteiger partial charge in [0.15, 0.2) is 0 Å². The standard InChI is InChI=1S/C14H23NO2S/c1-5-6-11-15(4)18(16,17)14-9-7-13(8-10-14)12(2)3/h7-10,12H,5-6,11H2,1-4H3. The Morgan fingerprint density at radius 1 is 1.17 bits per heavy atom. The van der Waals surface area contributed by atoms with E-state index >= 15 is 0 Å². The summed E-state index contributed by atoms with van der Waals surface area (Å²) >= 11 is 0. The van der Waals surface area contributed by atoms with Crippen molar-refractivity contribution in [2.45, 2.75) is 44.4 Å². The SMILES string of the molecule is CCCCN(C)S(=O)(=O)c1ccc(C(C)C)cc1. The number of benzene rings is 1. The van der Waals surface area contributed by atoms with Gasteiger partial charge in [-0.2, -0.15) is 0 Å². The Kier molecular flexibility index (Phi) is 5.35. The van der Waals surface area contributed by atoms with E-state index in [2.05, 4.69) is 20.8 Å². The highest BCUT2D eigenvalue weighted by molar-refractivity contribution is 7.89. The molecule has 0 fully saturated rings. The maximum atomic E-state index is 12.2. The molecule has 1 aromatic rings. The Bertz CT molecular complexity index is 463. The Hall–Kier alpha value is -0.870. The lowest BCUT2D eigenvalue weighted by Gasteiger charge is -2.17. The molecular weight excluding hydrogens is 246 g/mol. The molecule has 0 amide bonds. The van der Waals surface area contributed by atoms with Crippen molar-refractivity contribution in [1.29, 1.82) is 0 Å². The minimum Gasteiger partial charge on any atom is -0.207 e. The van der Waals surface area contributed by atoms with Crippen molar-refractivity contribution in [2.75, 3.05) is 13.6 Å². The summed E-state index contributed by atoms with van der Waals surface area (Å²) in [4.78, 5) is 0.380. The van der Waals surface area contributed by atoms with E-state index in [0.29, 0.717) is 17.4 Å². The summed E-state index contributed by atoms with van der Waals surface area (Å²) in [5.41, 5.74) is 1.16. The van der Waals surface area contributed by atoms with E-state index in [0.717, 1.165) is 18.4 Å². The highest BCUT2D eigenvalue weighted by Crippen LogP contribution is 2.19. The smallest absolute Gasteiger partial charge is 0.207 e. The first-order valence-electron chi connectivity index (χ1n) is 6.46. The van der Waals surface area contributed by atoms with Crippen LogP contribution in [0.15, 0.2) is 29.2 Å². The highest BCUT2D eigenvalue weighted by Gasteiger charge is 2.19. The zero-order valence-corrected chi connectivity index (χ0v) is 12.5. The molecule has 0 aliphatic rings. The van der Waals surface area contributed by atoms with Gasteiger partial charge in [-0.3, -0.25) is 0 Å². The van der Waals surface area contributed by atoms with Crippen LogP contribution in [0.4, 0.5) is 0 Å². The van der Waals surface area contributed by atoms with Gasteiger partial charge in [-0.15, -0.1) is 0 Å². The van der Waals surface area contributed by atoms with Crippen LogP contribution >= 0.6 is 0 Å². The van der Waals surface area contributed by atoms with E-state index in [-0.39, 0.29) is 0 Å². The van der Waals surface area contributed by atoms with E-state index in [1.54, 1.807) is 19.2 Å². The van der Waals surface area contributed by atoms with Gasteiger partial charge in [-0.25, -0.2) is 12.7 Å². The third-order valence-corrected chi connectivity index (χ3v) is 4.95. The zero-order chi connectivity index (χ0) is 13.8. The van der Waals surface area contributed by atoms with Crippen molar-refractivity contribution in [3.63, 3.8) is 0 Å². The average molecular weight is 269 g/mol. The second-order valence-corrected chi connectivity index (χ2v) is 6.95. The molecule has 1 rings (SSSR count). The molecule has 0 heterocycles. The topological polar surface area (TPSA) is 37.4 Å². The second kappa shape index (κ2) is 6.34. The van der Waals surface area contributed by atoms with Gasteiger partial charge in [0.2, 0.25) is 10.0 Å². The van der Waals surface area contributed by atoms with Gasteiger partial charge in [-0.05, 0) is 30.0 Å². The molecule has 0 aliphatic heterocycles. The van der Waals surface area contributed by atoms with Crippen molar-refractivity contribution in [3.05, 3.63) is 29.8 Å². The van der Waals surface area contributed by atoms with E-state index in [1.165, 1.54) is 4.31 Å². The molecule has 0 atom stereocenters. The first-order valence-corrected chi connectivity index (χ1v) is 7.90. The lowest BCUT2D eigenvalue weighted by molar-refractivity contribution is 0.459. The minimum atomic E-state index is -3.32. The number of hydrogen-bond acceptors (Lipinski definition) is 2. The van der Waals surface area contributed by atoms with E-state index in [9.17, 15) is 8.42 Å². The van der Waals surface area contributed by atoms with Crippen LogP contribution in [0, 0.1) is 0 Å². The molecule has 0 spiro atoms. The molecule has 0 bridgehead atoms. The largest absolute Gasteiger partial charge is 0.242 e. The Labute approximate surface area is 111 Å². The highest BCUT2D eigenvalue weighted by atomic mass is 32.2. The fraction of sp³-hybridized carbons (Fsp3) is 0.571. The summed E-state index contributed by atoms with van der Waals surface area (Å²) in [6, 6.07) is 7.19. The first-order chi connectivity index (χ1) is 8.39. The van der Waals surface area contributed by atoms with Gasteiger partial charge in [0.1, 0.15) is 0 Å². The lowest BCUT2D eigenvalue weighted by Crippen LogP contribution is -2.27. The molecule has 3 nitrogen and oxygen atoms in total. The Morgan fingerprint density at radius 2 is 1.72 bits per heavy atom. The summed E-state index contributed by atoms with van der Waals surface area (Å²) in [7, 11) is -1.68. The third kappa shape index (κ3) is 3.56. The molecule has 0 radical (unpaired) electrons.